The van der Waals surface area contributed by atoms with E-state index in [-0.39, 0.29) is 0 Å². The predicted molar refractivity (Wildman–Crippen MR) is 45.1 cm³/mol. The molecule has 0 aromatic carbocycles. The minimum Gasteiger partial charge on any atom is -0.382 e. The standard InChI is InChI=1S/C6H5BrN4/c7-6-10-3-4-5(8)9-1-2-11(4)6/h1-3H,(H2,8,9). The van der Waals surface area contributed by atoms with E-state index in [1.807, 2.05) is 4.40 Å². The minimum atomic E-state index is 0.491. The molecule has 0 aliphatic heterocycles. The summed E-state index contributed by atoms with van der Waals surface area (Å²) in [4.78, 5) is 7.93. The van der Waals surface area contributed by atoms with Gasteiger partial charge in [0.25, 0.3) is 0 Å². The number of nitrogens with zero attached hydrogens (tertiary/aromatic N) is 3. The van der Waals surface area contributed by atoms with Gasteiger partial charge in [0, 0.05) is 12.4 Å². The number of rotatable bonds is 0. The Labute approximate surface area is 71.2 Å². The summed E-state index contributed by atoms with van der Waals surface area (Å²) in [5, 5.41) is 0. The highest BCUT2D eigenvalue weighted by atomic mass is 79.9. The summed E-state index contributed by atoms with van der Waals surface area (Å²) >= 11 is 3.27. The first-order valence-corrected chi connectivity index (χ1v) is 3.81. The van der Waals surface area contributed by atoms with Crippen molar-refractivity contribution in [1.82, 2.24) is 14.4 Å². The number of imidazole rings is 1. The first-order valence-electron chi connectivity index (χ1n) is 3.02. The van der Waals surface area contributed by atoms with Gasteiger partial charge in [-0.05, 0) is 15.9 Å². The van der Waals surface area contributed by atoms with Gasteiger partial charge in [-0.1, -0.05) is 0 Å². The Morgan fingerprint density at radius 1 is 1.45 bits per heavy atom. The van der Waals surface area contributed by atoms with Crippen molar-refractivity contribution in [2.45, 2.75) is 0 Å². The van der Waals surface area contributed by atoms with Gasteiger partial charge in [0.1, 0.15) is 11.3 Å². The first-order chi connectivity index (χ1) is 5.29. The van der Waals surface area contributed by atoms with Crippen LogP contribution in [-0.4, -0.2) is 14.4 Å². The molecule has 56 valence electrons. The first kappa shape index (κ1) is 6.60. The zero-order chi connectivity index (χ0) is 7.84. The van der Waals surface area contributed by atoms with E-state index in [0.29, 0.717) is 5.82 Å². The Hall–Kier alpha value is -1.10. The smallest absolute Gasteiger partial charge is 0.181 e. The fourth-order valence-corrected chi connectivity index (χ4v) is 1.33. The maximum absolute atomic E-state index is 5.58. The SMILES string of the molecule is Nc1nccn2c(Br)ncc12. The molecule has 0 aliphatic carbocycles. The van der Waals surface area contributed by atoms with E-state index in [4.69, 9.17) is 5.73 Å². The third kappa shape index (κ3) is 0.883. The fraction of sp³-hybridized carbons (Fsp3) is 0. The minimum absolute atomic E-state index is 0.491. The zero-order valence-electron chi connectivity index (χ0n) is 5.53. The van der Waals surface area contributed by atoms with Gasteiger partial charge in [0.15, 0.2) is 4.73 Å². The second-order valence-corrected chi connectivity index (χ2v) is 2.80. The monoisotopic (exact) mass is 212 g/mol. The van der Waals surface area contributed by atoms with Gasteiger partial charge in [-0.2, -0.15) is 0 Å². The van der Waals surface area contributed by atoms with Crippen LogP contribution in [0.25, 0.3) is 5.52 Å². The lowest BCUT2D eigenvalue weighted by Crippen LogP contribution is -1.93. The number of fused-ring (bicyclic) bond motifs is 1. The molecule has 2 aromatic heterocycles. The summed E-state index contributed by atoms with van der Waals surface area (Å²) in [5.74, 6) is 0.491. The molecular formula is C6H5BrN4. The molecule has 5 heteroatoms. The van der Waals surface area contributed by atoms with Crippen molar-refractivity contribution in [2.75, 3.05) is 5.73 Å². The van der Waals surface area contributed by atoms with E-state index in [0.717, 1.165) is 10.3 Å². The molecule has 0 unspecified atom stereocenters. The Morgan fingerprint density at radius 3 is 3.00 bits per heavy atom. The summed E-state index contributed by atoms with van der Waals surface area (Å²) in [7, 11) is 0. The Morgan fingerprint density at radius 2 is 2.27 bits per heavy atom. The van der Waals surface area contributed by atoms with Crippen molar-refractivity contribution in [3.8, 4) is 0 Å². The van der Waals surface area contributed by atoms with E-state index >= 15 is 0 Å². The lowest BCUT2D eigenvalue weighted by Gasteiger charge is -1.95. The average Bonchev–Trinajstić information content (AvgIpc) is 2.35. The Balaban J connectivity index is 2.94. The number of hydrogen-bond acceptors (Lipinski definition) is 3. The molecule has 0 fully saturated rings. The van der Waals surface area contributed by atoms with Gasteiger partial charge in [-0.3, -0.25) is 4.40 Å². The number of nitrogen functional groups attached to an aromatic ring is 1. The van der Waals surface area contributed by atoms with Gasteiger partial charge in [0.05, 0.1) is 6.20 Å². The van der Waals surface area contributed by atoms with Crippen LogP contribution in [0.3, 0.4) is 0 Å². The molecule has 2 N–H and O–H groups in total. The van der Waals surface area contributed by atoms with E-state index in [9.17, 15) is 0 Å². The largest absolute Gasteiger partial charge is 0.382 e. The molecule has 0 spiro atoms. The van der Waals surface area contributed by atoms with Gasteiger partial charge in [-0.15, -0.1) is 0 Å². The number of nitrogens with two attached hydrogens (primary N) is 1. The number of aromatic nitrogens is 3. The summed E-state index contributed by atoms with van der Waals surface area (Å²) in [6.07, 6.45) is 5.10. The lowest BCUT2D eigenvalue weighted by molar-refractivity contribution is 1.08. The van der Waals surface area contributed by atoms with E-state index in [1.165, 1.54) is 0 Å². The normalized spacial score (nSPS) is 10.6. The topological polar surface area (TPSA) is 56.2 Å². The van der Waals surface area contributed by atoms with E-state index in [1.54, 1.807) is 18.6 Å². The summed E-state index contributed by atoms with van der Waals surface area (Å²) in [5.41, 5.74) is 6.40. The molecule has 0 aliphatic rings. The molecule has 0 bridgehead atoms. The molecule has 2 heterocycles. The van der Waals surface area contributed by atoms with Crippen LogP contribution in [0, 0.1) is 0 Å². The van der Waals surface area contributed by atoms with Gasteiger partial charge in [-0.25, -0.2) is 9.97 Å². The summed E-state index contributed by atoms with van der Waals surface area (Å²) in [6, 6.07) is 0. The molecular weight excluding hydrogens is 208 g/mol. The van der Waals surface area contributed by atoms with Crippen LogP contribution >= 0.6 is 15.9 Å². The van der Waals surface area contributed by atoms with Crippen LogP contribution in [0.15, 0.2) is 23.3 Å². The highest BCUT2D eigenvalue weighted by molar-refractivity contribution is 9.10. The van der Waals surface area contributed by atoms with Crippen molar-refractivity contribution < 1.29 is 0 Å². The number of anilines is 1. The maximum atomic E-state index is 5.58. The third-order valence-electron chi connectivity index (χ3n) is 1.44. The molecule has 0 atom stereocenters. The van der Waals surface area contributed by atoms with E-state index in [2.05, 4.69) is 25.9 Å². The Kier molecular flexibility index (Phi) is 1.32. The summed E-state index contributed by atoms with van der Waals surface area (Å²) < 4.78 is 2.56. The third-order valence-corrected chi connectivity index (χ3v) is 2.03. The van der Waals surface area contributed by atoms with Crippen LogP contribution in [0.2, 0.25) is 0 Å². The van der Waals surface area contributed by atoms with Crippen LogP contribution in [0.1, 0.15) is 0 Å². The van der Waals surface area contributed by atoms with Crippen LogP contribution in [-0.2, 0) is 0 Å². The molecule has 0 saturated carbocycles. The molecule has 2 rings (SSSR count). The highest BCUT2D eigenvalue weighted by Gasteiger charge is 2.01. The van der Waals surface area contributed by atoms with Crippen molar-refractivity contribution in [1.29, 1.82) is 0 Å². The quantitative estimate of drug-likeness (QED) is 0.712. The van der Waals surface area contributed by atoms with Gasteiger partial charge >= 0.3 is 0 Å². The summed E-state index contributed by atoms with van der Waals surface area (Å²) in [6.45, 7) is 0. The molecule has 0 saturated heterocycles. The number of hydrogen-bond donors (Lipinski definition) is 1. The van der Waals surface area contributed by atoms with Crippen LogP contribution in [0.5, 0.6) is 0 Å². The van der Waals surface area contributed by atoms with Gasteiger partial charge < -0.3 is 5.73 Å². The molecule has 11 heavy (non-hydrogen) atoms. The number of halogens is 1. The molecule has 0 radical (unpaired) electrons. The average molecular weight is 213 g/mol. The molecule has 2 aromatic rings. The van der Waals surface area contributed by atoms with Crippen molar-refractivity contribution >= 4 is 27.3 Å². The molecule has 0 amide bonds. The lowest BCUT2D eigenvalue weighted by atomic mass is 10.5. The second kappa shape index (κ2) is 2.20. The van der Waals surface area contributed by atoms with Crippen molar-refractivity contribution in [2.24, 2.45) is 0 Å². The highest BCUT2D eigenvalue weighted by Crippen LogP contribution is 2.14. The van der Waals surface area contributed by atoms with Crippen LogP contribution in [0.4, 0.5) is 5.82 Å². The Bertz CT molecular complexity index is 394. The van der Waals surface area contributed by atoms with Crippen molar-refractivity contribution in [3.05, 3.63) is 23.3 Å². The maximum Gasteiger partial charge on any atom is 0.181 e. The zero-order valence-corrected chi connectivity index (χ0v) is 7.12. The fourth-order valence-electron chi connectivity index (χ4n) is 0.916. The second-order valence-electron chi connectivity index (χ2n) is 2.09. The van der Waals surface area contributed by atoms with Crippen molar-refractivity contribution in [3.63, 3.8) is 0 Å². The van der Waals surface area contributed by atoms with E-state index < -0.39 is 0 Å². The predicted octanol–water partition coefficient (Wildman–Crippen LogP) is 1.07. The molecule has 4 nitrogen and oxygen atoms in total. The van der Waals surface area contributed by atoms with Gasteiger partial charge in [0.2, 0.25) is 0 Å². The van der Waals surface area contributed by atoms with Crippen LogP contribution < -0.4 is 5.73 Å².